The van der Waals surface area contributed by atoms with Crippen LogP contribution < -0.4 is 10.1 Å². The van der Waals surface area contributed by atoms with E-state index in [1.807, 2.05) is 61.5 Å². The van der Waals surface area contributed by atoms with E-state index in [1.165, 1.54) is 5.56 Å². The number of nitrogens with zero attached hydrogens (tertiary/aromatic N) is 2. The molecule has 0 bridgehead atoms. The van der Waals surface area contributed by atoms with E-state index in [0.717, 1.165) is 27.1 Å². The van der Waals surface area contributed by atoms with Gasteiger partial charge in [0.15, 0.2) is 0 Å². The second-order valence-corrected chi connectivity index (χ2v) is 9.27. The van der Waals surface area contributed by atoms with Crippen LogP contribution in [0.4, 0.5) is 0 Å². The Bertz CT molecular complexity index is 1270. The standard InChI is InChI=1S/C27H28BrN3O2/c1-18(2)22-11-4-7-14-25(22)33-16-15-31-24-13-6-5-12-23(24)30-26(31)19(3)29-27(32)20-9-8-10-21(28)17-20/h4-14,17-19H,15-16H2,1-3H3,(H,29,32). The number of halogens is 1. The van der Waals surface area contributed by atoms with Crippen LogP contribution in [0.2, 0.25) is 0 Å². The van der Waals surface area contributed by atoms with Gasteiger partial charge in [-0.2, -0.15) is 0 Å². The average molecular weight is 506 g/mol. The maximum atomic E-state index is 12.8. The highest BCUT2D eigenvalue weighted by Gasteiger charge is 2.19. The topological polar surface area (TPSA) is 56.1 Å². The molecule has 0 fully saturated rings. The van der Waals surface area contributed by atoms with Gasteiger partial charge in [-0.3, -0.25) is 4.79 Å². The number of aromatic nitrogens is 2. The van der Waals surface area contributed by atoms with Gasteiger partial charge in [0.25, 0.3) is 5.91 Å². The highest BCUT2D eigenvalue weighted by molar-refractivity contribution is 9.10. The summed E-state index contributed by atoms with van der Waals surface area (Å²) >= 11 is 3.43. The van der Waals surface area contributed by atoms with Crippen LogP contribution in [0.5, 0.6) is 5.75 Å². The number of carbonyl (C=O) groups is 1. The molecule has 0 aliphatic carbocycles. The van der Waals surface area contributed by atoms with E-state index in [4.69, 9.17) is 9.72 Å². The van der Waals surface area contributed by atoms with Crippen molar-refractivity contribution in [3.05, 3.63) is 94.2 Å². The van der Waals surface area contributed by atoms with Gasteiger partial charge in [-0.05, 0) is 54.8 Å². The number of benzene rings is 3. The minimum absolute atomic E-state index is 0.135. The summed E-state index contributed by atoms with van der Waals surface area (Å²) in [5.74, 6) is 1.97. The predicted molar refractivity (Wildman–Crippen MR) is 136 cm³/mol. The SMILES string of the molecule is CC(C)c1ccccc1OCCn1c(C(C)NC(=O)c2cccc(Br)c2)nc2ccccc21. The lowest BCUT2D eigenvalue weighted by Crippen LogP contribution is -2.29. The van der Waals surface area contributed by atoms with E-state index in [9.17, 15) is 4.79 Å². The van der Waals surface area contributed by atoms with Crippen molar-refractivity contribution in [2.45, 2.75) is 39.3 Å². The van der Waals surface area contributed by atoms with Crippen molar-refractivity contribution in [2.75, 3.05) is 6.61 Å². The molecule has 0 aliphatic heterocycles. The first-order valence-electron chi connectivity index (χ1n) is 11.2. The highest BCUT2D eigenvalue weighted by atomic mass is 79.9. The number of fused-ring (bicyclic) bond motifs is 1. The smallest absolute Gasteiger partial charge is 0.251 e. The molecule has 5 nitrogen and oxygen atoms in total. The number of hydrogen-bond donors (Lipinski definition) is 1. The van der Waals surface area contributed by atoms with Crippen molar-refractivity contribution in [3.63, 3.8) is 0 Å². The Balaban J connectivity index is 1.55. The number of imidazole rings is 1. The lowest BCUT2D eigenvalue weighted by atomic mass is 10.0. The van der Waals surface area contributed by atoms with Crippen molar-refractivity contribution in [1.29, 1.82) is 0 Å². The summed E-state index contributed by atoms with van der Waals surface area (Å²) in [6, 6.07) is 23.3. The van der Waals surface area contributed by atoms with Crippen molar-refractivity contribution in [2.24, 2.45) is 0 Å². The summed E-state index contributed by atoms with van der Waals surface area (Å²) in [5.41, 5.74) is 3.73. The van der Waals surface area contributed by atoms with Crippen molar-refractivity contribution in [3.8, 4) is 5.75 Å². The van der Waals surface area contributed by atoms with Gasteiger partial charge in [-0.1, -0.05) is 66.2 Å². The number of para-hydroxylation sites is 3. The van der Waals surface area contributed by atoms with Gasteiger partial charge in [0.2, 0.25) is 0 Å². The lowest BCUT2D eigenvalue weighted by molar-refractivity contribution is 0.0937. The summed E-state index contributed by atoms with van der Waals surface area (Å²) in [5, 5.41) is 3.09. The molecule has 170 valence electrons. The summed E-state index contributed by atoms with van der Waals surface area (Å²) in [4.78, 5) is 17.6. The van der Waals surface area contributed by atoms with Crippen molar-refractivity contribution in [1.82, 2.24) is 14.9 Å². The minimum atomic E-state index is -0.271. The second-order valence-electron chi connectivity index (χ2n) is 8.36. The molecule has 4 rings (SSSR count). The third-order valence-electron chi connectivity index (χ3n) is 5.62. The fourth-order valence-corrected chi connectivity index (χ4v) is 4.37. The fourth-order valence-electron chi connectivity index (χ4n) is 3.97. The molecule has 1 heterocycles. The summed E-state index contributed by atoms with van der Waals surface area (Å²) in [6.07, 6.45) is 0. The number of hydrogen-bond acceptors (Lipinski definition) is 3. The van der Waals surface area contributed by atoms with Gasteiger partial charge in [-0.25, -0.2) is 4.98 Å². The Hall–Kier alpha value is -3.12. The van der Waals surface area contributed by atoms with E-state index in [1.54, 1.807) is 6.07 Å². The number of nitrogens with one attached hydrogen (secondary N) is 1. The van der Waals surface area contributed by atoms with Crippen LogP contribution in [-0.2, 0) is 6.54 Å². The summed E-state index contributed by atoms with van der Waals surface area (Å²) < 4.78 is 9.19. The van der Waals surface area contributed by atoms with Crippen LogP contribution >= 0.6 is 15.9 Å². The molecule has 0 saturated heterocycles. The minimum Gasteiger partial charge on any atom is -0.491 e. The third kappa shape index (κ3) is 5.28. The van der Waals surface area contributed by atoms with E-state index in [-0.39, 0.29) is 11.9 Å². The van der Waals surface area contributed by atoms with Crippen LogP contribution in [0.25, 0.3) is 11.0 Å². The van der Waals surface area contributed by atoms with E-state index in [0.29, 0.717) is 24.6 Å². The molecule has 0 spiro atoms. The molecule has 6 heteroatoms. The van der Waals surface area contributed by atoms with E-state index >= 15 is 0 Å². The van der Waals surface area contributed by atoms with Crippen molar-refractivity contribution < 1.29 is 9.53 Å². The van der Waals surface area contributed by atoms with Crippen LogP contribution in [0.1, 0.15) is 54.5 Å². The molecule has 0 saturated carbocycles. The Morgan fingerprint density at radius 3 is 2.58 bits per heavy atom. The highest BCUT2D eigenvalue weighted by Crippen LogP contribution is 2.26. The van der Waals surface area contributed by atoms with Gasteiger partial charge < -0.3 is 14.6 Å². The number of amides is 1. The second kappa shape index (κ2) is 10.2. The largest absolute Gasteiger partial charge is 0.491 e. The zero-order valence-corrected chi connectivity index (χ0v) is 20.7. The summed E-state index contributed by atoms with van der Waals surface area (Å²) in [6.45, 7) is 7.42. The maximum absolute atomic E-state index is 12.8. The summed E-state index contributed by atoms with van der Waals surface area (Å²) in [7, 11) is 0. The molecule has 1 amide bonds. The lowest BCUT2D eigenvalue weighted by Gasteiger charge is -2.18. The van der Waals surface area contributed by atoms with E-state index in [2.05, 4.69) is 51.8 Å². The molecule has 1 unspecified atom stereocenters. The monoisotopic (exact) mass is 505 g/mol. The van der Waals surface area contributed by atoms with Crippen LogP contribution in [0.3, 0.4) is 0 Å². The molecular weight excluding hydrogens is 478 g/mol. The first kappa shape index (κ1) is 23.1. The Morgan fingerprint density at radius 1 is 1.03 bits per heavy atom. The van der Waals surface area contributed by atoms with Crippen LogP contribution in [0, 0.1) is 0 Å². The number of rotatable bonds is 8. The Morgan fingerprint density at radius 2 is 1.79 bits per heavy atom. The molecule has 0 aliphatic rings. The molecular formula is C27H28BrN3O2. The van der Waals surface area contributed by atoms with Crippen molar-refractivity contribution >= 4 is 32.9 Å². The molecule has 4 aromatic rings. The molecule has 1 N–H and O–H groups in total. The number of ether oxygens (including phenoxy) is 1. The molecule has 1 atom stereocenters. The first-order valence-corrected chi connectivity index (χ1v) is 12.0. The van der Waals surface area contributed by atoms with Crippen LogP contribution in [0.15, 0.2) is 77.3 Å². The van der Waals surface area contributed by atoms with E-state index < -0.39 is 0 Å². The average Bonchev–Trinajstić information content (AvgIpc) is 3.18. The predicted octanol–water partition coefficient (Wildman–Crippen LogP) is 6.49. The molecule has 33 heavy (non-hydrogen) atoms. The van der Waals surface area contributed by atoms with Gasteiger partial charge in [0.05, 0.1) is 23.6 Å². The Labute approximate surface area is 202 Å². The van der Waals surface area contributed by atoms with Crippen LogP contribution in [-0.4, -0.2) is 22.1 Å². The fraction of sp³-hybridized carbons (Fsp3) is 0.259. The normalized spacial score (nSPS) is 12.2. The number of carbonyl (C=O) groups excluding carboxylic acids is 1. The quantitative estimate of drug-likeness (QED) is 0.297. The molecule has 0 radical (unpaired) electrons. The van der Waals surface area contributed by atoms with Gasteiger partial charge in [0.1, 0.15) is 18.2 Å². The third-order valence-corrected chi connectivity index (χ3v) is 6.11. The Kier molecular flexibility index (Phi) is 7.14. The molecule has 3 aromatic carbocycles. The van der Waals surface area contributed by atoms with Gasteiger partial charge in [0, 0.05) is 10.0 Å². The zero-order valence-electron chi connectivity index (χ0n) is 19.1. The molecule has 1 aromatic heterocycles. The maximum Gasteiger partial charge on any atom is 0.251 e. The zero-order chi connectivity index (χ0) is 23.4. The first-order chi connectivity index (χ1) is 15.9. The van der Waals surface area contributed by atoms with Gasteiger partial charge in [-0.15, -0.1) is 0 Å². The van der Waals surface area contributed by atoms with Gasteiger partial charge >= 0.3 is 0 Å².